The number of hydrogen-bond acceptors (Lipinski definition) is 7. The Hall–Kier alpha value is -4.13. The molecule has 0 spiro atoms. The Kier molecular flexibility index (Phi) is 4.68. The van der Waals surface area contributed by atoms with Gasteiger partial charge in [0.1, 0.15) is 17.4 Å². The van der Waals surface area contributed by atoms with Crippen LogP contribution in [0.4, 0.5) is 17.2 Å². The van der Waals surface area contributed by atoms with E-state index < -0.39 is 18.9 Å². The van der Waals surface area contributed by atoms with Crippen LogP contribution < -0.4 is 20.7 Å². The second kappa shape index (κ2) is 8.55. The number of ether oxygens (including phenoxy) is 1. The molecule has 2 heterocycles. The van der Waals surface area contributed by atoms with Gasteiger partial charge < -0.3 is 20.7 Å². The van der Waals surface area contributed by atoms with Gasteiger partial charge in [-0.3, -0.25) is 9.59 Å². The minimum absolute atomic E-state index is 0.0494. The molecule has 3 N–H and O–H groups in total. The number of hydrogen-bond donors (Lipinski definition) is 3. The minimum atomic E-state index is -2.70. The average molecular weight is 436 g/mol. The maximum atomic E-state index is 12.7. The molecule has 1 atom stereocenters. The summed E-state index contributed by atoms with van der Waals surface area (Å²) in [6.45, 7) is -1.01. The van der Waals surface area contributed by atoms with Gasteiger partial charge in [0.2, 0.25) is 5.91 Å². The van der Waals surface area contributed by atoms with Crippen LogP contribution in [0.3, 0.4) is 0 Å². The molecule has 0 radical (unpaired) electrons. The van der Waals surface area contributed by atoms with Gasteiger partial charge in [-0.05, 0) is 31.9 Å². The Balaban J connectivity index is 1.77. The molecule has 0 aliphatic heterocycles. The number of fused-ring (bicyclic) bond motifs is 1. The largest absolute Gasteiger partial charge is 0.492 e. The lowest BCUT2D eigenvalue weighted by Gasteiger charge is -2.17. The third-order valence-electron chi connectivity index (χ3n) is 5.20. The highest BCUT2D eigenvalue weighted by Crippen LogP contribution is 2.37. The zero-order chi connectivity index (χ0) is 25.3. The van der Waals surface area contributed by atoms with Crippen LogP contribution in [0.25, 0.3) is 10.9 Å². The number of carbonyl (C=O) groups excluding carboxylic acids is 2. The third-order valence-corrected chi connectivity index (χ3v) is 5.20. The topological polar surface area (TPSA) is 134 Å². The Morgan fingerprint density at radius 3 is 2.84 bits per heavy atom. The van der Waals surface area contributed by atoms with Crippen LogP contribution >= 0.6 is 0 Å². The van der Waals surface area contributed by atoms with Crippen LogP contribution in [0.5, 0.6) is 5.75 Å². The quantitative estimate of drug-likeness (QED) is 0.518. The summed E-state index contributed by atoms with van der Waals surface area (Å²) in [5.74, 6) is -0.529. The molecule has 10 nitrogen and oxygen atoms in total. The summed E-state index contributed by atoms with van der Waals surface area (Å²) in [5, 5.41) is 22.2. The molecule has 2 aromatic heterocycles. The fraction of sp³-hybridized carbons (Fsp3) is 0.318. The number of aromatic nitrogens is 3. The SMILES string of the molecule is [2H]C([2H])([2H])NC(=O)c1cnc(NC(=O)C2CC2)cc1Nc1ccc2cnn(C(C)C#N)c2c1OC. The van der Waals surface area contributed by atoms with Crippen molar-refractivity contribution in [1.29, 1.82) is 5.26 Å². The summed E-state index contributed by atoms with van der Waals surface area (Å²) in [6, 6.07) is 6.50. The van der Waals surface area contributed by atoms with Gasteiger partial charge in [0, 0.05) is 34.7 Å². The molecule has 0 saturated heterocycles. The van der Waals surface area contributed by atoms with Crippen molar-refractivity contribution in [3.8, 4) is 11.8 Å². The number of amides is 2. The molecule has 4 rings (SSSR count). The van der Waals surface area contributed by atoms with Crippen molar-refractivity contribution < 1.29 is 18.4 Å². The van der Waals surface area contributed by atoms with E-state index in [1.165, 1.54) is 24.1 Å². The van der Waals surface area contributed by atoms with E-state index >= 15 is 0 Å². The zero-order valence-corrected chi connectivity index (χ0v) is 17.5. The zero-order valence-electron chi connectivity index (χ0n) is 20.5. The maximum absolute atomic E-state index is 12.7. The summed E-state index contributed by atoms with van der Waals surface area (Å²) in [5.41, 5.74) is 1.15. The van der Waals surface area contributed by atoms with E-state index in [-0.39, 0.29) is 28.9 Å². The fourth-order valence-corrected chi connectivity index (χ4v) is 3.36. The van der Waals surface area contributed by atoms with Crippen LogP contribution in [0.2, 0.25) is 0 Å². The predicted octanol–water partition coefficient (Wildman–Crippen LogP) is 2.98. The maximum Gasteiger partial charge on any atom is 0.254 e. The van der Waals surface area contributed by atoms with Gasteiger partial charge in [-0.25, -0.2) is 9.67 Å². The molecule has 1 aliphatic carbocycles. The van der Waals surface area contributed by atoms with Crippen LogP contribution in [0.1, 0.15) is 40.3 Å². The Morgan fingerprint density at radius 2 is 2.16 bits per heavy atom. The van der Waals surface area contributed by atoms with Crippen LogP contribution in [-0.4, -0.2) is 40.7 Å². The first-order valence-electron chi connectivity index (χ1n) is 11.5. The highest BCUT2D eigenvalue weighted by Gasteiger charge is 2.30. The second-order valence-electron chi connectivity index (χ2n) is 7.44. The lowest BCUT2D eigenvalue weighted by atomic mass is 10.1. The van der Waals surface area contributed by atoms with Crippen molar-refractivity contribution in [3.05, 3.63) is 36.2 Å². The van der Waals surface area contributed by atoms with Crippen molar-refractivity contribution >= 4 is 39.9 Å². The van der Waals surface area contributed by atoms with Gasteiger partial charge in [0.05, 0.1) is 36.3 Å². The molecule has 1 aromatic carbocycles. The molecule has 2 amide bonds. The number of methoxy groups -OCH3 is 1. The molecule has 3 aromatic rings. The Morgan fingerprint density at radius 1 is 1.34 bits per heavy atom. The molecule has 1 aliphatic rings. The van der Waals surface area contributed by atoms with E-state index in [4.69, 9.17) is 8.85 Å². The normalized spacial score (nSPS) is 15.6. The lowest BCUT2D eigenvalue weighted by Crippen LogP contribution is -2.20. The van der Waals surface area contributed by atoms with E-state index in [9.17, 15) is 14.9 Å². The lowest BCUT2D eigenvalue weighted by molar-refractivity contribution is -0.117. The van der Waals surface area contributed by atoms with Crippen LogP contribution in [-0.2, 0) is 4.79 Å². The van der Waals surface area contributed by atoms with E-state index in [0.717, 1.165) is 18.2 Å². The van der Waals surface area contributed by atoms with E-state index in [1.54, 1.807) is 25.3 Å². The van der Waals surface area contributed by atoms with Gasteiger partial charge in [0.15, 0.2) is 5.75 Å². The monoisotopic (exact) mass is 436 g/mol. The minimum Gasteiger partial charge on any atom is -0.492 e. The van der Waals surface area contributed by atoms with E-state index in [2.05, 4.69) is 26.8 Å². The predicted molar refractivity (Wildman–Crippen MR) is 119 cm³/mol. The molecule has 0 bridgehead atoms. The molecule has 164 valence electrons. The number of nitrogens with one attached hydrogen (secondary N) is 3. The van der Waals surface area contributed by atoms with Gasteiger partial charge in [-0.1, -0.05) is 0 Å². The van der Waals surface area contributed by atoms with Crippen molar-refractivity contribution in [2.75, 3.05) is 24.7 Å². The smallest absolute Gasteiger partial charge is 0.254 e. The Labute approximate surface area is 188 Å². The standard InChI is InChI=1S/C22H23N7O3/c1-12(9-23)29-19-14(10-26-29)6-7-16(20(19)32-3)27-17-8-18(28-21(30)13-4-5-13)25-11-15(17)22(31)24-2/h6-8,10-13H,4-5H2,1-3H3,(H,24,31)(H2,25,27,28,30)/i2D3. The fourth-order valence-electron chi connectivity index (χ4n) is 3.36. The molecular weight excluding hydrogens is 410 g/mol. The van der Waals surface area contributed by atoms with E-state index in [0.29, 0.717) is 17.0 Å². The van der Waals surface area contributed by atoms with Crippen molar-refractivity contribution in [2.24, 2.45) is 5.92 Å². The highest BCUT2D eigenvalue weighted by molar-refractivity contribution is 6.02. The molecule has 1 fully saturated rings. The van der Waals surface area contributed by atoms with Gasteiger partial charge in [-0.15, -0.1) is 0 Å². The second-order valence-corrected chi connectivity index (χ2v) is 7.44. The van der Waals surface area contributed by atoms with Crippen molar-refractivity contribution in [3.63, 3.8) is 0 Å². The molecule has 32 heavy (non-hydrogen) atoms. The van der Waals surface area contributed by atoms with Gasteiger partial charge >= 0.3 is 0 Å². The first kappa shape index (κ1) is 17.5. The number of anilines is 3. The number of carbonyl (C=O) groups is 2. The van der Waals surface area contributed by atoms with E-state index in [1.807, 2.05) is 5.32 Å². The van der Waals surface area contributed by atoms with Crippen molar-refractivity contribution in [2.45, 2.75) is 25.8 Å². The van der Waals surface area contributed by atoms with Crippen LogP contribution in [0.15, 0.2) is 30.6 Å². The number of nitrogens with zero attached hydrogens (tertiary/aromatic N) is 4. The van der Waals surface area contributed by atoms with Crippen LogP contribution in [0, 0.1) is 17.2 Å². The highest BCUT2D eigenvalue weighted by atomic mass is 16.5. The first-order chi connectivity index (χ1) is 16.6. The van der Waals surface area contributed by atoms with Gasteiger partial charge in [0.25, 0.3) is 5.91 Å². The number of nitriles is 1. The average Bonchev–Trinajstić information content (AvgIpc) is 3.57. The third kappa shape index (κ3) is 3.92. The molecule has 1 saturated carbocycles. The Bertz CT molecular complexity index is 1340. The summed E-state index contributed by atoms with van der Waals surface area (Å²) in [7, 11) is 1.46. The molecule has 1 unspecified atom stereocenters. The number of benzene rings is 1. The summed E-state index contributed by atoms with van der Waals surface area (Å²) in [4.78, 5) is 29.0. The van der Waals surface area contributed by atoms with Crippen molar-refractivity contribution in [1.82, 2.24) is 20.1 Å². The number of rotatable bonds is 7. The summed E-state index contributed by atoms with van der Waals surface area (Å²) in [6.07, 6.45) is 4.42. The molecule has 10 heteroatoms. The first-order valence-corrected chi connectivity index (χ1v) is 9.95. The molecular formula is C22H23N7O3. The summed E-state index contributed by atoms with van der Waals surface area (Å²) >= 11 is 0. The number of pyridine rings is 1. The summed E-state index contributed by atoms with van der Waals surface area (Å²) < 4.78 is 29.2. The van der Waals surface area contributed by atoms with Gasteiger partial charge in [-0.2, -0.15) is 10.4 Å².